The van der Waals surface area contributed by atoms with Gasteiger partial charge in [-0.3, -0.25) is 0 Å². The highest BCUT2D eigenvalue weighted by atomic mass is 16.5. The Morgan fingerprint density at radius 2 is 2.11 bits per heavy atom. The molecule has 2 heteroatoms. The first kappa shape index (κ1) is 13.0. The Kier molecular flexibility index (Phi) is 3.53. The summed E-state index contributed by atoms with van der Waals surface area (Å²) in [7, 11) is 0. The van der Waals surface area contributed by atoms with E-state index >= 15 is 0 Å². The van der Waals surface area contributed by atoms with E-state index in [9.17, 15) is 0 Å². The fourth-order valence-corrected chi connectivity index (χ4v) is 3.49. The van der Waals surface area contributed by atoms with Crippen LogP contribution in [0.15, 0.2) is 18.2 Å². The Morgan fingerprint density at radius 3 is 2.84 bits per heavy atom. The average Bonchev–Trinajstić information content (AvgIpc) is 2.99. The molecular formula is C17H25NO. The lowest BCUT2D eigenvalue weighted by atomic mass is 9.96. The highest BCUT2D eigenvalue weighted by molar-refractivity contribution is 5.40. The van der Waals surface area contributed by atoms with Crippen molar-refractivity contribution in [1.29, 1.82) is 0 Å². The maximum absolute atomic E-state index is 5.58. The lowest BCUT2D eigenvalue weighted by Gasteiger charge is -2.24. The Labute approximate surface area is 116 Å². The van der Waals surface area contributed by atoms with Crippen LogP contribution in [0.25, 0.3) is 0 Å². The molecule has 0 bridgehead atoms. The molecule has 4 atom stereocenters. The molecule has 1 aliphatic carbocycles. The summed E-state index contributed by atoms with van der Waals surface area (Å²) in [6, 6.07) is 7.78. The van der Waals surface area contributed by atoms with Crippen molar-refractivity contribution in [3.8, 4) is 5.75 Å². The third-order valence-electron chi connectivity index (χ3n) is 5.14. The van der Waals surface area contributed by atoms with E-state index in [1.807, 2.05) is 0 Å². The Bertz CT molecular complexity index is 457. The molecule has 0 spiro atoms. The van der Waals surface area contributed by atoms with E-state index in [-0.39, 0.29) is 0 Å². The molecule has 2 nitrogen and oxygen atoms in total. The van der Waals surface area contributed by atoms with Crippen molar-refractivity contribution in [2.24, 2.45) is 11.8 Å². The second-order valence-corrected chi connectivity index (χ2v) is 6.37. The molecule has 1 aliphatic heterocycles. The van der Waals surface area contributed by atoms with Crippen LogP contribution < -0.4 is 10.1 Å². The number of hydrogen-bond donors (Lipinski definition) is 1. The van der Waals surface area contributed by atoms with Gasteiger partial charge in [0, 0.05) is 18.5 Å². The van der Waals surface area contributed by atoms with E-state index in [1.165, 1.54) is 24.0 Å². The molecule has 1 fully saturated rings. The number of ether oxygens (including phenoxy) is 1. The van der Waals surface area contributed by atoms with Crippen molar-refractivity contribution in [3.05, 3.63) is 29.3 Å². The van der Waals surface area contributed by atoms with Crippen LogP contribution in [-0.4, -0.2) is 12.6 Å². The van der Waals surface area contributed by atoms with Gasteiger partial charge in [0.1, 0.15) is 5.75 Å². The van der Waals surface area contributed by atoms with E-state index in [1.54, 1.807) is 0 Å². The number of nitrogens with one attached hydrogen (secondary N) is 1. The molecule has 0 aromatic heterocycles. The van der Waals surface area contributed by atoms with Crippen LogP contribution in [0, 0.1) is 11.8 Å². The molecule has 1 aromatic carbocycles. The number of hydrogen-bond acceptors (Lipinski definition) is 2. The average molecular weight is 259 g/mol. The fraction of sp³-hybridized carbons (Fsp3) is 0.647. The molecule has 0 saturated heterocycles. The minimum Gasteiger partial charge on any atom is -0.493 e. The number of benzene rings is 1. The van der Waals surface area contributed by atoms with Crippen LogP contribution >= 0.6 is 0 Å². The molecule has 1 heterocycles. The first-order valence-corrected chi connectivity index (χ1v) is 7.67. The Morgan fingerprint density at radius 1 is 1.26 bits per heavy atom. The molecule has 1 N–H and O–H groups in total. The highest BCUT2D eigenvalue weighted by Gasteiger charge is 2.30. The second-order valence-electron chi connectivity index (χ2n) is 6.37. The first-order chi connectivity index (χ1) is 9.15. The van der Waals surface area contributed by atoms with E-state index in [0.29, 0.717) is 12.1 Å². The summed E-state index contributed by atoms with van der Waals surface area (Å²) in [5.41, 5.74) is 2.77. The molecule has 0 radical (unpaired) electrons. The van der Waals surface area contributed by atoms with Gasteiger partial charge in [-0.1, -0.05) is 26.0 Å². The molecule has 4 unspecified atom stereocenters. The van der Waals surface area contributed by atoms with Gasteiger partial charge in [0.25, 0.3) is 0 Å². The van der Waals surface area contributed by atoms with Crippen molar-refractivity contribution in [3.63, 3.8) is 0 Å². The first-order valence-electron chi connectivity index (χ1n) is 7.67. The van der Waals surface area contributed by atoms with Gasteiger partial charge in [-0.2, -0.15) is 0 Å². The van der Waals surface area contributed by atoms with Crippen molar-refractivity contribution < 1.29 is 4.74 Å². The van der Waals surface area contributed by atoms with Gasteiger partial charge in [0.2, 0.25) is 0 Å². The third kappa shape index (κ3) is 2.51. The van der Waals surface area contributed by atoms with Gasteiger partial charge in [-0.25, -0.2) is 0 Å². The molecule has 104 valence electrons. The van der Waals surface area contributed by atoms with Crippen molar-refractivity contribution in [2.45, 2.75) is 52.1 Å². The number of fused-ring (bicyclic) bond motifs is 1. The third-order valence-corrected chi connectivity index (χ3v) is 5.14. The highest BCUT2D eigenvalue weighted by Crippen LogP contribution is 2.33. The minimum absolute atomic E-state index is 0.434. The van der Waals surface area contributed by atoms with Crippen molar-refractivity contribution in [1.82, 2.24) is 5.32 Å². The van der Waals surface area contributed by atoms with Gasteiger partial charge < -0.3 is 10.1 Å². The van der Waals surface area contributed by atoms with E-state index in [0.717, 1.165) is 30.6 Å². The zero-order valence-corrected chi connectivity index (χ0v) is 12.3. The number of rotatable bonds is 3. The van der Waals surface area contributed by atoms with Crippen molar-refractivity contribution >= 4 is 0 Å². The summed E-state index contributed by atoms with van der Waals surface area (Å²) < 4.78 is 5.58. The lowest BCUT2D eigenvalue weighted by Crippen LogP contribution is -2.34. The molecule has 2 aliphatic rings. The van der Waals surface area contributed by atoms with Gasteiger partial charge in [-0.05, 0) is 48.8 Å². The summed E-state index contributed by atoms with van der Waals surface area (Å²) in [5.74, 6) is 2.73. The van der Waals surface area contributed by atoms with E-state index in [2.05, 4.69) is 44.3 Å². The van der Waals surface area contributed by atoms with Crippen LogP contribution in [0.4, 0.5) is 0 Å². The summed E-state index contributed by atoms with van der Waals surface area (Å²) in [6.07, 6.45) is 3.75. The largest absolute Gasteiger partial charge is 0.493 e. The summed E-state index contributed by atoms with van der Waals surface area (Å²) in [6.45, 7) is 7.90. The van der Waals surface area contributed by atoms with Gasteiger partial charge in [0.15, 0.2) is 0 Å². The maximum atomic E-state index is 5.58. The zero-order valence-electron chi connectivity index (χ0n) is 12.3. The lowest BCUT2D eigenvalue weighted by molar-refractivity contribution is 0.346. The standard InChI is InChI=1S/C17H25NO/c1-11-4-6-16(12(11)2)18-13(3)14-5-7-17-15(10-14)8-9-19-17/h5,7,10-13,16,18H,4,6,8-9H2,1-3H3. The SMILES string of the molecule is CC(NC1CCC(C)C1C)c1ccc2c(c1)CCO2. The quantitative estimate of drug-likeness (QED) is 0.893. The van der Waals surface area contributed by atoms with Crippen LogP contribution in [-0.2, 0) is 6.42 Å². The van der Waals surface area contributed by atoms with Crippen LogP contribution in [0.3, 0.4) is 0 Å². The molecule has 0 amide bonds. The zero-order chi connectivity index (χ0) is 13.4. The van der Waals surface area contributed by atoms with Gasteiger partial charge in [0.05, 0.1) is 6.61 Å². The minimum atomic E-state index is 0.434. The van der Waals surface area contributed by atoms with E-state index < -0.39 is 0 Å². The van der Waals surface area contributed by atoms with Crippen molar-refractivity contribution in [2.75, 3.05) is 6.61 Å². The summed E-state index contributed by atoms with van der Waals surface area (Å²) in [5, 5.41) is 3.83. The summed E-state index contributed by atoms with van der Waals surface area (Å²) >= 11 is 0. The Balaban J connectivity index is 1.69. The molecule has 3 rings (SSSR count). The van der Waals surface area contributed by atoms with Gasteiger partial charge in [-0.15, -0.1) is 0 Å². The molecule has 19 heavy (non-hydrogen) atoms. The smallest absolute Gasteiger partial charge is 0.122 e. The maximum Gasteiger partial charge on any atom is 0.122 e. The fourth-order valence-electron chi connectivity index (χ4n) is 3.49. The topological polar surface area (TPSA) is 21.3 Å². The molecule has 1 aromatic rings. The van der Waals surface area contributed by atoms with E-state index in [4.69, 9.17) is 4.74 Å². The normalized spacial score (nSPS) is 31.0. The van der Waals surface area contributed by atoms with Crippen LogP contribution in [0.1, 0.15) is 50.8 Å². The predicted molar refractivity (Wildman–Crippen MR) is 78.5 cm³/mol. The Hall–Kier alpha value is -1.02. The van der Waals surface area contributed by atoms with Crippen LogP contribution in [0.5, 0.6) is 5.75 Å². The van der Waals surface area contributed by atoms with Gasteiger partial charge >= 0.3 is 0 Å². The second kappa shape index (κ2) is 5.16. The monoisotopic (exact) mass is 259 g/mol. The summed E-state index contributed by atoms with van der Waals surface area (Å²) in [4.78, 5) is 0. The van der Waals surface area contributed by atoms with Crippen LogP contribution in [0.2, 0.25) is 0 Å². The predicted octanol–water partition coefficient (Wildman–Crippen LogP) is 3.71. The molecular weight excluding hydrogens is 234 g/mol. The molecule has 1 saturated carbocycles.